The number of H-pyrrole nitrogens is 1. The van der Waals surface area contributed by atoms with Gasteiger partial charge in [0, 0.05) is 37.9 Å². The Bertz CT molecular complexity index is 288. The first kappa shape index (κ1) is 10.6. The van der Waals surface area contributed by atoms with Gasteiger partial charge in [0.25, 0.3) is 0 Å². The number of aromatic amines is 1. The van der Waals surface area contributed by atoms with E-state index in [1.165, 1.54) is 24.9 Å². The van der Waals surface area contributed by atoms with E-state index >= 15 is 0 Å². The van der Waals surface area contributed by atoms with Gasteiger partial charge in [-0.25, -0.2) is 0 Å². The van der Waals surface area contributed by atoms with E-state index < -0.39 is 0 Å². The van der Waals surface area contributed by atoms with Crippen LogP contribution in [0.2, 0.25) is 0 Å². The first-order chi connectivity index (χ1) is 7.26. The van der Waals surface area contributed by atoms with Crippen LogP contribution in [0.5, 0.6) is 0 Å². The molecule has 2 N–H and O–H groups in total. The van der Waals surface area contributed by atoms with Gasteiger partial charge in [0.15, 0.2) is 0 Å². The predicted octanol–water partition coefficient (Wildman–Crippen LogP) is 1.84. The minimum absolute atomic E-state index is 0.515. The fraction of sp³-hybridized carbons (Fsp3) is 0.667. The maximum atomic E-state index is 3.33. The molecule has 0 radical (unpaired) electrons. The van der Waals surface area contributed by atoms with Gasteiger partial charge in [0.1, 0.15) is 0 Å². The smallest absolute Gasteiger partial charge is 0.0541 e. The van der Waals surface area contributed by atoms with Gasteiger partial charge in [-0.3, -0.25) is 0 Å². The molecule has 0 aromatic carbocycles. The summed E-state index contributed by atoms with van der Waals surface area (Å²) in [6.45, 7) is 2.30. The van der Waals surface area contributed by atoms with Crippen LogP contribution in [0.1, 0.15) is 19.3 Å². The highest BCUT2D eigenvalue weighted by Crippen LogP contribution is 2.41. The Morgan fingerprint density at radius 1 is 1.53 bits per heavy atom. The average molecular weight is 207 g/mol. The van der Waals surface area contributed by atoms with Gasteiger partial charge in [0.05, 0.1) is 5.69 Å². The molecule has 0 unspecified atom stereocenters. The third kappa shape index (κ3) is 2.17. The van der Waals surface area contributed by atoms with Gasteiger partial charge >= 0.3 is 0 Å². The molecule has 0 atom stereocenters. The molecule has 1 fully saturated rings. The second kappa shape index (κ2) is 4.27. The Balaban J connectivity index is 1.95. The van der Waals surface area contributed by atoms with Gasteiger partial charge < -0.3 is 15.2 Å². The van der Waals surface area contributed by atoms with Crippen LogP contribution in [0.15, 0.2) is 18.5 Å². The van der Waals surface area contributed by atoms with Crippen LogP contribution in [-0.2, 0) is 0 Å². The maximum absolute atomic E-state index is 3.33. The minimum atomic E-state index is 0.515. The van der Waals surface area contributed by atoms with Crippen molar-refractivity contribution in [3.05, 3.63) is 18.5 Å². The molecule has 0 aliphatic heterocycles. The normalized spacial score (nSPS) is 18.5. The summed E-state index contributed by atoms with van der Waals surface area (Å²) in [6, 6.07) is 2.13. The van der Waals surface area contributed by atoms with E-state index in [0.717, 1.165) is 13.1 Å². The molecule has 2 rings (SSSR count). The van der Waals surface area contributed by atoms with Crippen LogP contribution >= 0.6 is 0 Å². The summed E-state index contributed by atoms with van der Waals surface area (Å²) in [5.41, 5.74) is 1.80. The molecule has 1 heterocycles. The van der Waals surface area contributed by atoms with Crippen molar-refractivity contribution in [3.8, 4) is 0 Å². The highest BCUT2D eigenvalue weighted by Gasteiger charge is 2.37. The molecule has 1 saturated carbocycles. The summed E-state index contributed by atoms with van der Waals surface area (Å²) < 4.78 is 0. The summed E-state index contributed by atoms with van der Waals surface area (Å²) >= 11 is 0. The standard InChI is InChI=1S/C12H21N3/c1-13-9-12(5-3-6-12)10-15(2)11-4-7-14-8-11/h4,7-8,13-14H,3,5-6,9-10H2,1-2H3. The second-order valence-electron chi connectivity index (χ2n) is 4.81. The van der Waals surface area contributed by atoms with Gasteiger partial charge in [0.2, 0.25) is 0 Å². The highest BCUT2D eigenvalue weighted by atomic mass is 15.1. The lowest BCUT2D eigenvalue weighted by Gasteiger charge is -2.44. The molecule has 0 amide bonds. The van der Waals surface area contributed by atoms with Crippen LogP contribution < -0.4 is 10.2 Å². The molecule has 84 valence electrons. The minimum Gasteiger partial charge on any atom is -0.373 e. The van der Waals surface area contributed by atoms with E-state index in [1.54, 1.807) is 0 Å². The first-order valence-electron chi connectivity index (χ1n) is 5.74. The topological polar surface area (TPSA) is 31.1 Å². The summed E-state index contributed by atoms with van der Waals surface area (Å²) in [5, 5.41) is 3.33. The quantitative estimate of drug-likeness (QED) is 0.772. The van der Waals surface area contributed by atoms with Gasteiger partial charge in [-0.15, -0.1) is 0 Å². The molecule has 1 aliphatic carbocycles. The molecule has 3 heteroatoms. The zero-order chi connectivity index (χ0) is 10.7. The Kier molecular flexibility index (Phi) is 3.00. The molecular formula is C12H21N3. The third-order valence-corrected chi connectivity index (χ3v) is 3.56. The lowest BCUT2D eigenvalue weighted by atomic mass is 9.68. The van der Waals surface area contributed by atoms with Crippen molar-refractivity contribution >= 4 is 5.69 Å². The van der Waals surface area contributed by atoms with Gasteiger partial charge in [-0.05, 0) is 26.0 Å². The highest BCUT2D eigenvalue weighted by molar-refractivity contribution is 5.43. The number of nitrogens with one attached hydrogen (secondary N) is 2. The molecular weight excluding hydrogens is 186 g/mol. The molecule has 15 heavy (non-hydrogen) atoms. The van der Waals surface area contributed by atoms with Crippen molar-refractivity contribution in [2.75, 3.05) is 32.1 Å². The predicted molar refractivity (Wildman–Crippen MR) is 64.3 cm³/mol. The molecule has 0 saturated heterocycles. The number of anilines is 1. The van der Waals surface area contributed by atoms with E-state index in [-0.39, 0.29) is 0 Å². The van der Waals surface area contributed by atoms with Crippen molar-refractivity contribution in [1.29, 1.82) is 0 Å². The molecule has 1 aromatic heterocycles. The Hall–Kier alpha value is -0.960. The number of rotatable bonds is 5. The summed E-state index contributed by atoms with van der Waals surface area (Å²) in [5.74, 6) is 0. The fourth-order valence-electron chi connectivity index (χ4n) is 2.59. The van der Waals surface area contributed by atoms with Crippen molar-refractivity contribution in [2.24, 2.45) is 5.41 Å². The lowest BCUT2D eigenvalue weighted by molar-refractivity contribution is 0.143. The van der Waals surface area contributed by atoms with Crippen molar-refractivity contribution in [3.63, 3.8) is 0 Å². The number of nitrogens with zero attached hydrogens (tertiary/aromatic N) is 1. The number of aromatic nitrogens is 1. The molecule has 1 aliphatic rings. The summed E-state index contributed by atoms with van der Waals surface area (Å²) in [4.78, 5) is 5.46. The van der Waals surface area contributed by atoms with Crippen LogP contribution in [0, 0.1) is 5.41 Å². The van der Waals surface area contributed by atoms with Crippen LogP contribution in [0.25, 0.3) is 0 Å². The molecule has 0 bridgehead atoms. The van der Waals surface area contributed by atoms with E-state index in [4.69, 9.17) is 0 Å². The van der Waals surface area contributed by atoms with Crippen LogP contribution in [0.4, 0.5) is 5.69 Å². The summed E-state index contributed by atoms with van der Waals surface area (Å²) in [7, 11) is 4.23. The van der Waals surface area contributed by atoms with E-state index in [2.05, 4.69) is 41.6 Å². The molecule has 3 nitrogen and oxygen atoms in total. The van der Waals surface area contributed by atoms with Crippen molar-refractivity contribution in [1.82, 2.24) is 10.3 Å². The van der Waals surface area contributed by atoms with Crippen LogP contribution in [-0.4, -0.2) is 32.2 Å². The number of hydrogen-bond acceptors (Lipinski definition) is 2. The Morgan fingerprint density at radius 2 is 2.33 bits per heavy atom. The second-order valence-corrected chi connectivity index (χ2v) is 4.81. The zero-order valence-electron chi connectivity index (χ0n) is 9.71. The summed E-state index contributed by atoms with van der Waals surface area (Å²) in [6.07, 6.45) is 8.16. The largest absolute Gasteiger partial charge is 0.373 e. The lowest BCUT2D eigenvalue weighted by Crippen LogP contribution is -2.46. The Morgan fingerprint density at radius 3 is 2.80 bits per heavy atom. The fourth-order valence-corrected chi connectivity index (χ4v) is 2.59. The Labute approximate surface area is 91.9 Å². The third-order valence-electron chi connectivity index (χ3n) is 3.56. The van der Waals surface area contributed by atoms with E-state index in [1.807, 2.05) is 6.20 Å². The first-order valence-corrected chi connectivity index (χ1v) is 5.74. The monoisotopic (exact) mass is 207 g/mol. The SMILES string of the molecule is CNCC1(CN(C)c2cc[nH]c2)CCC1. The zero-order valence-corrected chi connectivity index (χ0v) is 9.71. The number of hydrogen-bond donors (Lipinski definition) is 2. The van der Waals surface area contributed by atoms with E-state index in [0.29, 0.717) is 5.41 Å². The van der Waals surface area contributed by atoms with E-state index in [9.17, 15) is 0 Å². The van der Waals surface area contributed by atoms with Crippen molar-refractivity contribution in [2.45, 2.75) is 19.3 Å². The van der Waals surface area contributed by atoms with Crippen molar-refractivity contribution < 1.29 is 0 Å². The van der Waals surface area contributed by atoms with Gasteiger partial charge in [-0.1, -0.05) is 6.42 Å². The van der Waals surface area contributed by atoms with Gasteiger partial charge in [-0.2, -0.15) is 0 Å². The average Bonchev–Trinajstić information content (AvgIpc) is 2.67. The maximum Gasteiger partial charge on any atom is 0.0541 e. The molecule has 0 spiro atoms. The van der Waals surface area contributed by atoms with Crippen LogP contribution in [0.3, 0.4) is 0 Å². The molecule has 1 aromatic rings.